The molecule has 3 rings (SSSR count). The van der Waals surface area contributed by atoms with Crippen molar-refractivity contribution >= 4 is 15.7 Å². The van der Waals surface area contributed by atoms with Gasteiger partial charge < -0.3 is 14.7 Å². The molecule has 0 aromatic heterocycles. The van der Waals surface area contributed by atoms with Crippen molar-refractivity contribution < 1.29 is 23.1 Å². The van der Waals surface area contributed by atoms with Crippen molar-refractivity contribution in [3.63, 3.8) is 0 Å². The molecule has 0 unspecified atom stereocenters. The SMILES string of the molecule is CS(=O)(=O)c1ccc(C2(C(=O)N3CCOC[C@H]3CO)CCC2)cc1. The maximum Gasteiger partial charge on any atom is 0.233 e. The molecule has 2 aliphatic rings. The Hall–Kier alpha value is -1.44. The second kappa shape index (κ2) is 6.46. The van der Waals surface area contributed by atoms with Gasteiger partial charge in [0.05, 0.1) is 36.2 Å². The number of nitrogens with zero attached hydrogens (tertiary/aromatic N) is 1. The van der Waals surface area contributed by atoms with Crippen molar-refractivity contribution in [2.24, 2.45) is 0 Å². The van der Waals surface area contributed by atoms with Crippen molar-refractivity contribution in [3.8, 4) is 0 Å². The molecule has 1 aliphatic heterocycles. The summed E-state index contributed by atoms with van der Waals surface area (Å²) < 4.78 is 28.6. The molecule has 2 fully saturated rings. The molecular weight excluding hydrogens is 330 g/mol. The van der Waals surface area contributed by atoms with E-state index in [9.17, 15) is 18.3 Å². The van der Waals surface area contributed by atoms with Crippen LogP contribution in [0.5, 0.6) is 0 Å². The van der Waals surface area contributed by atoms with Gasteiger partial charge in [-0.2, -0.15) is 0 Å². The highest BCUT2D eigenvalue weighted by molar-refractivity contribution is 7.90. The molecule has 132 valence electrons. The summed E-state index contributed by atoms with van der Waals surface area (Å²) in [6, 6.07) is 6.34. The average Bonchev–Trinajstić information content (AvgIpc) is 2.53. The quantitative estimate of drug-likeness (QED) is 0.863. The minimum absolute atomic E-state index is 0.0169. The maximum absolute atomic E-state index is 13.2. The molecule has 1 N–H and O–H groups in total. The van der Waals surface area contributed by atoms with Crippen LogP contribution in [0.25, 0.3) is 0 Å². The van der Waals surface area contributed by atoms with Crippen LogP contribution in [0.3, 0.4) is 0 Å². The minimum atomic E-state index is -3.25. The number of hydrogen-bond donors (Lipinski definition) is 1. The first kappa shape index (κ1) is 17.4. The third-order valence-corrected chi connectivity index (χ3v) is 6.28. The second-order valence-corrected chi connectivity index (χ2v) is 8.66. The summed E-state index contributed by atoms with van der Waals surface area (Å²) in [4.78, 5) is 15.2. The topological polar surface area (TPSA) is 83.9 Å². The Labute approximate surface area is 142 Å². The molecule has 1 atom stereocenters. The molecule has 0 radical (unpaired) electrons. The number of benzene rings is 1. The summed E-state index contributed by atoms with van der Waals surface area (Å²) in [6.07, 6.45) is 3.64. The van der Waals surface area contributed by atoms with Gasteiger partial charge in [0.15, 0.2) is 9.84 Å². The zero-order valence-corrected chi connectivity index (χ0v) is 14.6. The molecule has 24 heavy (non-hydrogen) atoms. The Kier molecular flexibility index (Phi) is 4.68. The molecular formula is C17H23NO5S. The van der Waals surface area contributed by atoms with E-state index < -0.39 is 15.3 Å². The van der Waals surface area contributed by atoms with Crippen molar-refractivity contribution in [2.45, 2.75) is 35.6 Å². The lowest BCUT2D eigenvalue weighted by Gasteiger charge is -2.47. The van der Waals surface area contributed by atoms with Gasteiger partial charge in [-0.05, 0) is 30.5 Å². The second-order valence-electron chi connectivity index (χ2n) is 6.64. The summed E-state index contributed by atoms with van der Waals surface area (Å²) in [5, 5.41) is 9.52. The largest absolute Gasteiger partial charge is 0.394 e. The lowest BCUT2D eigenvalue weighted by Crippen LogP contribution is -2.58. The summed E-state index contributed by atoms with van der Waals surface area (Å²) in [5.41, 5.74) is 0.259. The fraction of sp³-hybridized carbons (Fsp3) is 0.588. The van der Waals surface area contributed by atoms with Crippen molar-refractivity contribution in [1.82, 2.24) is 4.90 Å². The van der Waals surface area contributed by atoms with Gasteiger partial charge >= 0.3 is 0 Å². The van der Waals surface area contributed by atoms with Gasteiger partial charge in [-0.15, -0.1) is 0 Å². The number of carbonyl (C=O) groups excluding carboxylic acids is 1. The molecule has 1 aromatic carbocycles. The van der Waals surface area contributed by atoms with Gasteiger partial charge in [0.2, 0.25) is 5.91 Å². The normalized spacial score (nSPS) is 23.6. The Morgan fingerprint density at radius 1 is 1.33 bits per heavy atom. The number of aliphatic hydroxyl groups is 1. The molecule has 1 aromatic rings. The molecule has 1 saturated carbocycles. The minimum Gasteiger partial charge on any atom is -0.394 e. The number of carbonyl (C=O) groups is 1. The van der Waals surface area contributed by atoms with Crippen LogP contribution < -0.4 is 0 Å². The van der Waals surface area contributed by atoms with E-state index in [2.05, 4.69) is 0 Å². The fourth-order valence-corrected chi connectivity index (χ4v) is 4.16. The van der Waals surface area contributed by atoms with Crippen LogP contribution in [0.4, 0.5) is 0 Å². The highest BCUT2D eigenvalue weighted by Gasteiger charge is 2.49. The Bertz CT molecular complexity index is 709. The number of morpholine rings is 1. The average molecular weight is 353 g/mol. The molecule has 0 spiro atoms. The third-order valence-electron chi connectivity index (χ3n) is 5.15. The van der Waals surface area contributed by atoms with Gasteiger partial charge in [-0.1, -0.05) is 18.6 Å². The van der Waals surface area contributed by atoms with Crippen molar-refractivity contribution in [3.05, 3.63) is 29.8 Å². The van der Waals surface area contributed by atoms with E-state index in [0.717, 1.165) is 24.8 Å². The highest BCUT2D eigenvalue weighted by Crippen LogP contribution is 2.45. The number of rotatable bonds is 4. The van der Waals surface area contributed by atoms with Crippen molar-refractivity contribution in [2.75, 3.05) is 32.6 Å². The van der Waals surface area contributed by atoms with Crippen LogP contribution in [0.1, 0.15) is 24.8 Å². The van der Waals surface area contributed by atoms with E-state index in [4.69, 9.17) is 4.74 Å². The molecule has 0 bridgehead atoms. The Balaban J connectivity index is 1.90. The lowest BCUT2D eigenvalue weighted by molar-refractivity contribution is -0.151. The maximum atomic E-state index is 13.2. The predicted molar refractivity (Wildman–Crippen MR) is 88.5 cm³/mol. The van der Waals surface area contributed by atoms with Crippen LogP contribution in [0.15, 0.2) is 29.2 Å². The van der Waals surface area contributed by atoms with E-state index in [-0.39, 0.29) is 23.5 Å². The number of hydrogen-bond acceptors (Lipinski definition) is 5. The first-order valence-electron chi connectivity index (χ1n) is 8.19. The van der Waals surface area contributed by atoms with Crippen LogP contribution in [-0.4, -0.2) is 63.0 Å². The van der Waals surface area contributed by atoms with Gasteiger partial charge in [0.25, 0.3) is 0 Å². The summed E-state index contributed by atoms with van der Waals surface area (Å²) in [7, 11) is -3.25. The van der Waals surface area contributed by atoms with Gasteiger partial charge in [-0.3, -0.25) is 4.79 Å². The monoisotopic (exact) mass is 353 g/mol. The molecule has 1 aliphatic carbocycles. The molecule has 1 amide bonds. The molecule has 1 saturated heterocycles. The van der Waals surface area contributed by atoms with Crippen LogP contribution in [0, 0.1) is 0 Å². The van der Waals surface area contributed by atoms with E-state index in [1.165, 1.54) is 6.26 Å². The molecule has 1 heterocycles. The number of ether oxygens (including phenoxy) is 1. The molecule has 6 nitrogen and oxygen atoms in total. The van der Waals surface area contributed by atoms with Gasteiger partial charge in [0.1, 0.15) is 0 Å². The number of sulfone groups is 1. The van der Waals surface area contributed by atoms with Gasteiger partial charge in [-0.25, -0.2) is 8.42 Å². The zero-order chi connectivity index (χ0) is 17.4. The summed E-state index contributed by atoms with van der Waals surface area (Å²) in [5.74, 6) is 0.0169. The van der Waals surface area contributed by atoms with Gasteiger partial charge in [0, 0.05) is 12.8 Å². The van der Waals surface area contributed by atoms with Crippen LogP contribution in [0.2, 0.25) is 0 Å². The van der Waals surface area contributed by atoms with E-state index >= 15 is 0 Å². The van der Waals surface area contributed by atoms with Crippen LogP contribution in [-0.2, 0) is 24.8 Å². The Morgan fingerprint density at radius 3 is 2.50 bits per heavy atom. The third kappa shape index (κ3) is 2.96. The highest BCUT2D eigenvalue weighted by atomic mass is 32.2. The fourth-order valence-electron chi connectivity index (χ4n) is 3.53. The predicted octanol–water partition coefficient (Wildman–Crippen LogP) is 0.731. The first-order valence-corrected chi connectivity index (χ1v) is 10.1. The zero-order valence-electron chi connectivity index (χ0n) is 13.8. The summed E-state index contributed by atoms with van der Waals surface area (Å²) >= 11 is 0. The number of amides is 1. The number of aliphatic hydroxyl groups excluding tert-OH is 1. The van der Waals surface area contributed by atoms with Crippen LogP contribution >= 0.6 is 0 Å². The van der Waals surface area contributed by atoms with E-state index in [1.54, 1.807) is 29.2 Å². The lowest BCUT2D eigenvalue weighted by atomic mass is 9.63. The standard InChI is InChI=1S/C17H23NO5S/c1-24(21,22)15-5-3-13(4-6-15)17(7-2-8-17)16(20)18-9-10-23-12-14(18)11-19/h3-6,14,19H,2,7-12H2,1H3/t14-/m1/s1. The van der Waals surface area contributed by atoms with E-state index in [1.807, 2.05) is 0 Å². The first-order chi connectivity index (χ1) is 11.4. The van der Waals surface area contributed by atoms with E-state index in [0.29, 0.717) is 19.8 Å². The van der Waals surface area contributed by atoms with Crippen molar-refractivity contribution in [1.29, 1.82) is 0 Å². The smallest absolute Gasteiger partial charge is 0.233 e. The Morgan fingerprint density at radius 2 is 2.00 bits per heavy atom. The summed E-state index contributed by atoms with van der Waals surface area (Å²) in [6.45, 7) is 1.19. The molecule has 7 heteroatoms.